The van der Waals surface area contributed by atoms with Crippen LogP contribution in [0.15, 0.2) is 46.7 Å². The summed E-state index contributed by atoms with van der Waals surface area (Å²) in [4.78, 5) is 15.5. The molecule has 1 amide bonds. The third kappa shape index (κ3) is 4.08. The minimum Gasteiger partial charge on any atom is -0.379 e. The van der Waals surface area contributed by atoms with Gasteiger partial charge in [-0.3, -0.25) is 4.79 Å². The molecule has 3 aromatic rings. The molecule has 31 heavy (non-hydrogen) atoms. The van der Waals surface area contributed by atoms with Gasteiger partial charge in [-0.1, -0.05) is 24.3 Å². The van der Waals surface area contributed by atoms with Crippen molar-refractivity contribution < 1.29 is 17.9 Å². The Bertz CT molecular complexity index is 1220. The molecule has 0 radical (unpaired) electrons. The number of carbonyl (C=O) groups excluding carboxylic acids is 1. The van der Waals surface area contributed by atoms with Crippen LogP contribution in [0.1, 0.15) is 25.7 Å². The van der Waals surface area contributed by atoms with Gasteiger partial charge in [-0.2, -0.15) is 4.31 Å². The van der Waals surface area contributed by atoms with Gasteiger partial charge in [0.15, 0.2) is 0 Å². The molecule has 2 aromatic heterocycles. The Morgan fingerprint density at radius 2 is 1.81 bits per heavy atom. The highest BCUT2D eigenvalue weighted by Crippen LogP contribution is 2.39. The maximum atomic E-state index is 12.8. The van der Waals surface area contributed by atoms with Crippen molar-refractivity contribution in [2.45, 2.75) is 23.6 Å². The van der Waals surface area contributed by atoms with Gasteiger partial charge in [-0.25, -0.2) is 8.42 Å². The number of aryl methyl sites for hydroxylation is 2. The van der Waals surface area contributed by atoms with E-state index in [1.165, 1.54) is 48.5 Å². The first-order chi connectivity index (χ1) is 15.0. The highest BCUT2D eigenvalue weighted by molar-refractivity contribution is 7.91. The summed E-state index contributed by atoms with van der Waals surface area (Å²) in [6.45, 7) is 1.89. The summed E-state index contributed by atoms with van der Waals surface area (Å²) < 4.78 is 32.5. The first-order valence-corrected chi connectivity index (χ1v) is 13.3. The van der Waals surface area contributed by atoms with Crippen molar-refractivity contribution in [3.05, 3.63) is 63.3 Å². The quantitative estimate of drug-likeness (QED) is 0.614. The van der Waals surface area contributed by atoms with E-state index in [0.717, 1.165) is 17.7 Å². The van der Waals surface area contributed by atoms with E-state index >= 15 is 0 Å². The Hall–Kier alpha value is -2.04. The van der Waals surface area contributed by atoms with E-state index in [9.17, 15) is 13.2 Å². The van der Waals surface area contributed by atoms with Crippen LogP contribution in [0.3, 0.4) is 0 Å². The normalized spacial score (nSPS) is 16.5. The van der Waals surface area contributed by atoms with Gasteiger partial charge in [-0.15, -0.1) is 22.7 Å². The number of sulfonamides is 1. The molecule has 0 unspecified atom stereocenters. The fourth-order valence-electron chi connectivity index (χ4n) is 3.94. The van der Waals surface area contributed by atoms with E-state index < -0.39 is 10.0 Å². The van der Waals surface area contributed by atoms with Crippen LogP contribution in [0.4, 0.5) is 0 Å². The van der Waals surface area contributed by atoms with E-state index in [1.807, 2.05) is 12.1 Å². The number of nitrogens with zero attached hydrogens (tertiary/aromatic N) is 1. The highest BCUT2D eigenvalue weighted by atomic mass is 32.2. The van der Waals surface area contributed by atoms with Crippen molar-refractivity contribution in [3.63, 3.8) is 0 Å². The number of thiophene rings is 2. The molecule has 1 aliphatic carbocycles. The summed E-state index contributed by atoms with van der Waals surface area (Å²) in [6, 6.07) is 13.7. The van der Waals surface area contributed by atoms with Crippen molar-refractivity contribution in [2.24, 2.45) is 0 Å². The number of hydrogen-bond acceptors (Lipinski definition) is 6. The smallest absolute Gasteiger partial charge is 0.261 e. The van der Waals surface area contributed by atoms with Crippen molar-refractivity contribution >= 4 is 38.6 Å². The molecule has 0 bridgehead atoms. The molecule has 162 valence electrons. The lowest BCUT2D eigenvalue weighted by Gasteiger charge is -2.25. The zero-order chi connectivity index (χ0) is 21.4. The summed E-state index contributed by atoms with van der Waals surface area (Å²) in [6.07, 6.45) is 1.94. The number of hydrogen-bond donors (Lipinski definition) is 1. The van der Waals surface area contributed by atoms with E-state index in [0.29, 0.717) is 41.9 Å². The molecule has 0 saturated carbocycles. The van der Waals surface area contributed by atoms with Gasteiger partial charge in [0.2, 0.25) is 0 Å². The maximum Gasteiger partial charge on any atom is 0.261 e. The minimum absolute atomic E-state index is 0.122. The molecule has 1 saturated heterocycles. The fourth-order valence-corrected chi connectivity index (χ4v) is 7.99. The largest absolute Gasteiger partial charge is 0.379 e. The average molecular weight is 475 g/mol. The van der Waals surface area contributed by atoms with Crippen LogP contribution >= 0.6 is 22.7 Å². The molecule has 3 heterocycles. The molecule has 1 N–H and O–H groups in total. The lowest BCUT2D eigenvalue weighted by atomic mass is 9.91. The number of rotatable bonds is 5. The number of nitrogens with one attached hydrogen (secondary N) is 1. The molecule has 1 aliphatic heterocycles. The number of morpholine rings is 1. The van der Waals surface area contributed by atoms with Crippen LogP contribution in [0.5, 0.6) is 0 Å². The van der Waals surface area contributed by atoms with Crippen molar-refractivity contribution in [2.75, 3.05) is 26.3 Å². The zero-order valence-corrected chi connectivity index (χ0v) is 19.2. The molecule has 0 spiro atoms. The SMILES string of the molecule is O=C(NCc1ccc(S(=O)(=O)N2CCOCC2)s1)c1cc2c(s1)-c1ccccc1CC2. The summed E-state index contributed by atoms with van der Waals surface area (Å²) in [5.74, 6) is -0.122. The third-order valence-electron chi connectivity index (χ3n) is 5.58. The summed E-state index contributed by atoms with van der Waals surface area (Å²) in [5.41, 5.74) is 3.78. The van der Waals surface area contributed by atoms with Crippen molar-refractivity contribution in [1.29, 1.82) is 0 Å². The molecular weight excluding hydrogens is 452 g/mol. The number of benzene rings is 1. The first-order valence-electron chi connectivity index (χ1n) is 10.2. The van der Waals surface area contributed by atoms with Gasteiger partial charge < -0.3 is 10.1 Å². The fraction of sp³-hybridized carbons (Fsp3) is 0.318. The van der Waals surface area contributed by atoms with Crippen LogP contribution in [-0.4, -0.2) is 44.9 Å². The molecule has 6 nitrogen and oxygen atoms in total. The lowest BCUT2D eigenvalue weighted by molar-refractivity contribution is 0.0731. The Balaban J connectivity index is 1.27. The van der Waals surface area contributed by atoms with Crippen LogP contribution in [0, 0.1) is 0 Å². The van der Waals surface area contributed by atoms with Crippen LogP contribution in [-0.2, 0) is 34.1 Å². The number of ether oxygens (including phenoxy) is 1. The molecule has 2 aliphatic rings. The monoisotopic (exact) mass is 474 g/mol. The van der Waals surface area contributed by atoms with Gasteiger partial charge in [0.25, 0.3) is 15.9 Å². The van der Waals surface area contributed by atoms with Crippen molar-refractivity contribution in [1.82, 2.24) is 9.62 Å². The average Bonchev–Trinajstić information content (AvgIpc) is 3.46. The summed E-state index contributed by atoms with van der Waals surface area (Å²) in [7, 11) is -3.50. The Morgan fingerprint density at radius 1 is 1.03 bits per heavy atom. The van der Waals surface area contributed by atoms with Gasteiger partial charge in [0, 0.05) is 22.8 Å². The van der Waals surface area contributed by atoms with Crippen LogP contribution < -0.4 is 5.32 Å². The van der Waals surface area contributed by atoms with E-state index in [4.69, 9.17) is 4.74 Å². The topological polar surface area (TPSA) is 75.7 Å². The predicted octanol–water partition coefficient (Wildman–Crippen LogP) is 3.53. The highest BCUT2D eigenvalue weighted by Gasteiger charge is 2.28. The standard InChI is InChI=1S/C22H22N2O4S3/c25-22(19-13-16-6-5-15-3-1-2-4-18(15)21(16)30-19)23-14-17-7-8-20(29-17)31(26,27)24-9-11-28-12-10-24/h1-4,7-8,13H,5-6,9-12,14H2,(H,23,25). The zero-order valence-electron chi connectivity index (χ0n) is 16.8. The van der Waals surface area contributed by atoms with Gasteiger partial charge in [-0.05, 0) is 47.7 Å². The molecule has 0 atom stereocenters. The van der Waals surface area contributed by atoms with E-state index in [-0.39, 0.29) is 5.91 Å². The van der Waals surface area contributed by atoms with E-state index in [1.54, 1.807) is 12.1 Å². The summed E-state index contributed by atoms with van der Waals surface area (Å²) >= 11 is 2.73. The second-order valence-corrected chi connectivity index (χ2v) is 11.9. The number of amides is 1. The summed E-state index contributed by atoms with van der Waals surface area (Å²) in [5, 5.41) is 2.95. The van der Waals surface area contributed by atoms with Gasteiger partial charge in [0.05, 0.1) is 24.6 Å². The Morgan fingerprint density at radius 3 is 2.65 bits per heavy atom. The molecule has 5 rings (SSSR count). The molecule has 1 fully saturated rings. The minimum atomic E-state index is -3.50. The predicted molar refractivity (Wildman–Crippen MR) is 122 cm³/mol. The van der Waals surface area contributed by atoms with Crippen molar-refractivity contribution in [3.8, 4) is 10.4 Å². The number of fused-ring (bicyclic) bond motifs is 3. The van der Waals surface area contributed by atoms with Gasteiger partial charge in [0.1, 0.15) is 4.21 Å². The Labute approximate surface area is 189 Å². The molecule has 1 aromatic carbocycles. The molecular formula is C22H22N2O4S3. The second kappa shape index (κ2) is 8.48. The third-order valence-corrected chi connectivity index (χ3v) is 10.2. The number of carbonyl (C=O) groups is 1. The van der Waals surface area contributed by atoms with Crippen LogP contribution in [0.25, 0.3) is 10.4 Å². The molecule has 9 heteroatoms. The van der Waals surface area contributed by atoms with Crippen LogP contribution in [0.2, 0.25) is 0 Å². The first kappa shape index (κ1) is 20.8. The van der Waals surface area contributed by atoms with E-state index in [2.05, 4.69) is 23.5 Å². The lowest BCUT2D eigenvalue weighted by Crippen LogP contribution is -2.40. The Kier molecular flexibility index (Phi) is 5.70. The van der Waals surface area contributed by atoms with Gasteiger partial charge >= 0.3 is 0 Å². The maximum absolute atomic E-state index is 12.8. The second-order valence-electron chi connectivity index (χ2n) is 7.54.